The molecule has 0 fully saturated rings. The first-order valence-corrected chi connectivity index (χ1v) is 6.64. The second kappa shape index (κ2) is 7.20. The van der Waals surface area contributed by atoms with Crippen LogP contribution < -0.4 is 5.32 Å². The van der Waals surface area contributed by atoms with E-state index < -0.39 is 10.8 Å². The highest BCUT2D eigenvalue weighted by Crippen LogP contribution is 2.22. The highest BCUT2D eigenvalue weighted by Gasteiger charge is 2.17. The standard InChI is InChI=1S/C12H15BrN2O4/c1-2-8(5-6-16)14-12(17)10-7-9(15(18)19)3-4-11(10)13/h3-4,7-8,16H,2,5-6H2,1H3,(H,14,17). The van der Waals surface area contributed by atoms with Gasteiger partial charge in [0.05, 0.1) is 10.5 Å². The van der Waals surface area contributed by atoms with E-state index in [2.05, 4.69) is 21.2 Å². The zero-order chi connectivity index (χ0) is 14.4. The Morgan fingerprint density at radius 2 is 2.26 bits per heavy atom. The molecule has 1 amide bonds. The topological polar surface area (TPSA) is 92.5 Å². The number of nitro benzene ring substituents is 1. The maximum absolute atomic E-state index is 12.0. The summed E-state index contributed by atoms with van der Waals surface area (Å²) in [4.78, 5) is 22.2. The summed E-state index contributed by atoms with van der Waals surface area (Å²) < 4.78 is 0.495. The van der Waals surface area contributed by atoms with Gasteiger partial charge in [0.2, 0.25) is 0 Å². The van der Waals surface area contributed by atoms with Crippen molar-refractivity contribution in [1.82, 2.24) is 5.32 Å². The lowest BCUT2D eigenvalue weighted by molar-refractivity contribution is -0.384. The molecule has 2 N–H and O–H groups in total. The van der Waals surface area contributed by atoms with Crippen LogP contribution in [0.4, 0.5) is 5.69 Å². The third kappa shape index (κ3) is 4.29. The molecule has 0 saturated heterocycles. The number of non-ortho nitro benzene ring substituents is 1. The molecule has 1 rings (SSSR count). The molecule has 104 valence electrons. The first-order chi connectivity index (χ1) is 8.99. The lowest BCUT2D eigenvalue weighted by atomic mass is 10.1. The fourth-order valence-electron chi connectivity index (χ4n) is 1.60. The lowest BCUT2D eigenvalue weighted by Crippen LogP contribution is -2.35. The number of carbonyl (C=O) groups excluding carboxylic acids is 1. The minimum atomic E-state index is -0.547. The molecule has 1 aromatic rings. The van der Waals surface area contributed by atoms with Crippen LogP contribution >= 0.6 is 15.9 Å². The first-order valence-electron chi connectivity index (χ1n) is 5.85. The Bertz CT molecular complexity index is 479. The van der Waals surface area contributed by atoms with Gasteiger partial charge in [0.15, 0.2) is 0 Å². The van der Waals surface area contributed by atoms with Crippen LogP contribution in [0, 0.1) is 10.1 Å². The molecular formula is C12H15BrN2O4. The van der Waals surface area contributed by atoms with Crippen molar-refractivity contribution in [1.29, 1.82) is 0 Å². The van der Waals surface area contributed by atoms with E-state index in [0.717, 1.165) is 0 Å². The second-order valence-corrected chi connectivity index (χ2v) is 4.87. The Labute approximate surface area is 119 Å². The summed E-state index contributed by atoms with van der Waals surface area (Å²) in [6.07, 6.45) is 1.13. The van der Waals surface area contributed by atoms with Crippen molar-refractivity contribution >= 4 is 27.5 Å². The molecule has 1 atom stereocenters. The summed E-state index contributed by atoms with van der Waals surface area (Å²) in [7, 11) is 0. The quantitative estimate of drug-likeness (QED) is 0.618. The summed E-state index contributed by atoms with van der Waals surface area (Å²) in [5, 5.41) is 22.3. The minimum Gasteiger partial charge on any atom is -0.396 e. The van der Waals surface area contributed by atoms with Gasteiger partial charge < -0.3 is 10.4 Å². The largest absolute Gasteiger partial charge is 0.396 e. The summed E-state index contributed by atoms with van der Waals surface area (Å²) in [5.41, 5.74) is 0.0779. The third-order valence-electron chi connectivity index (χ3n) is 2.71. The molecule has 6 nitrogen and oxygen atoms in total. The van der Waals surface area contributed by atoms with Gasteiger partial charge >= 0.3 is 0 Å². The van der Waals surface area contributed by atoms with Gasteiger partial charge in [-0.05, 0) is 34.8 Å². The zero-order valence-electron chi connectivity index (χ0n) is 10.4. The average Bonchev–Trinajstić information content (AvgIpc) is 2.38. The molecule has 0 spiro atoms. The molecule has 0 aliphatic carbocycles. The normalized spacial score (nSPS) is 11.9. The number of nitrogens with zero attached hydrogens (tertiary/aromatic N) is 1. The van der Waals surface area contributed by atoms with Crippen molar-refractivity contribution in [2.75, 3.05) is 6.61 Å². The maximum Gasteiger partial charge on any atom is 0.270 e. The maximum atomic E-state index is 12.0. The van der Waals surface area contributed by atoms with Crippen molar-refractivity contribution in [3.63, 3.8) is 0 Å². The molecular weight excluding hydrogens is 316 g/mol. The van der Waals surface area contributed by atoms with Gasteiger partial charge in [0.25, 0.3) is 11.6 Å². The predicted octanol–water partition coefficient (Wildman–Crippen LogP) is 2.25. The van der Waals surface area contributed by atoms with E-state index in [4.69, 9.17) is 5.11 Å². The number of carbonyl (C=O) groups is 1. The van der Waals surface area contributed by atoms with Gasteiger partial charge in [-0.2, -0.15) is 0 Å². The summed E-state index contributed by atoms with van der Waals surface area (Å²) in [6, 6.07) is 3.88. The van der Waals surface area contributed by atoms with E-state index in [0.29, 0.717) is 17.3 Å². The van der Waals surface area contributed by atoms with E-state index in [-0.39, 0.29) is 23.9 Å². The van der Waals surface area contributed by atoms with Gasteiger partial charge in [-0.25, -0.2) is 0 Å². The van der Waals surface area contributed by atoms with Gasteiger partial charge in [-0.1, -0.05) is 6.92 Å². The van der Waals surface area contributed by atoms with Crippen LogP contribution in [0.1, 0.15) is 30.1 Å². The Balaban J connectivity index is 2.92. The number of aliphatic hydroxyl groups excluding tert-OH is 1. The molecule has 19 heavy (non-hydrogen) atoms. The Morgan fingerprint density at radius 3 is 2.79 bits per heavy atom. The van der Waals surface area contributed by atoms with Crippen LogP contribution in [-0.4, -0.2) is 28.6 Å². The summed E-state index contributed by atoms with van der Waals surface area (Å²) in [5.74, 6) is -0.393. The number of hydrogen-bond donors (Lipinski definition) is 2. The molecule has 0 bridgehead atoms. The molecule has 0 aliphatic heterocycles. The molecule has 0 aromatic heterocycles. The molecule has 1 unspecified atom stereocenters. The monoisotopic (exact) mass is 330 g/mol. The molecule has 1 aromatic carbocycles. The SMILES string of the molecule is CCC(CCO)NC(=O)c1cc([N+](=O)[O-])ccc1Br. The number of hydrogen-bond acceptors (Lipinski definition) is 4. The van der Waals surface area contributed by atoms with E-state index in [1.165, 1.54) is 18.2 Å². The second-order valence-electron chi connectivity index (χ2n) is 4.01. The van der Waals surface area contributed by atoms with Crippen LogP contribution in [0.3, 0.4) is 0 Å². The molecule has 0 aliphatic rings. The van der Waals surface area contributed by atoms with Crippen LogP contribution in [0.2, 0.25) is 0 Å². The predicted molar refractivity (Wildman–Crippen MR) is 74.0 cm³/mol. The van der Waals surface area contributed by atoms with Crippen LogP contribution in [0.15, 0.2) is 22.7 Å². The van der Waals surface area contributed by atoms with Gasteiger partial charge in [0, 0.05) is 29.3 Å². The Morgan fingerprint density at radius 1 is 1.58 bits per heavy atom. The highest BCUT2D eigenvalue weighted by atomic mass is 79.9. The molecule has 0 heterocycles. The van der Waals surface area contributed by atoms with Crippen LogP contribution in [0.5, 0.6) is 0 Å². The van der Waals surface area contributed by atoms with Gasteiger partial charge in [-0.15, -0.1) is 0 Å². The number of nitro groups is 1. The number of nitrogens with one attached hydrogen (secondary N) is 1. The van der Waals surface area contributed by atoms with E-state index in [9.17, 15) is 14.9 Å². The summed E-state index contributed by atoms with van der Waals surface area (Å²) >= 11 is 3.20. The van der Waals surface area contributed by atoms with E-state index >= 15 is 0 Å². The van der Waals surface area contributed by atoms with Crippen molar-refractivity contribution < 1.29 is 14.8 Å². The van der Waals surface area contributed by atoms with Crippen molar-refractivity contribution in [3.05, 3.63) is 38.3 Å². The smallest absolute Gasteiger partial charge is 0.270 e. The Hall–Kier alpha value is -1.47. The summed E-state index contributed by atoms with van der Waals surface area (Å²) in [6.45, 7) is 1.87. The zero-order valence-corrected chi connectivity index (χ0v) is 12.0. The number of amides is 1. The minimum absolute atomic E-state index is 0.0190. The van der Waals surface area contributed by atoms with Gasteiger partial charge in [0.1, 0.15) is 0 Å². The van der Waals surface area contributed by atoms with Crippen molar-refractivity contribution in [2.45, 2.75) is 25.8 Å². The van der Waals surface area contributed by atoms with Gasteiger partial charge in [-0.3, -0.25) is 14.9 Å². The molecule has 0 saturated carbocycles. The highest BCUT2D eigenvalue weighted by molar-refractivity contribution is 9.10. The van der Waals surface area contributed by atoms with Crippen molar-refractivity contribution in [2.24, 2.45) is 0 Å². The third-order valence-corrected chi connectivity index (χ3v) is 3.40. The lowest BCUT2D eigenvalue weighted by Gasteiger charge is -2.16. The number of rotatable bonds is 6. The Kier molecular flexibility index (Phi) is 5.91. The number of aliphatic hydroxyl groups is 1. The van der Waals surface area contributed by atoms with Crippen LogP contribution in [-0.2, 0) is 0 Å². The molecule has 0 radical (unpaired) electrons. The number of benzene rings is 1. The number of halogens is 1. The van der Waals surface area contributed by atoms with Crippen LogP contribution in [0.25, 0.3) is 0 Å². The van der Waals surface area contributed by atoms with E-state index in [1.54, 1.807) is 0 Å². The van der Waals surface area contributed by atoms with Crippen molar-refractivity contribution in [3.8, 4) is 0 Å². The fraction of sp³-hybridized carbons (Fsp3) is 0.417. The molecule has 7 heteroatoms. The van der Waals surface area contributed by atoms with E-state index in [1.807, 2.05) is 6.92 Å². The fourth-order valence-corrected chi connectivity index (χ4v) is 2.02. The average molecular weight is 331 g/mol. The first kappa shape index (κ1) is 15.6.